The first kappa shape index (κ1) is 25.6. The Labute approximate surface area is 212 Å². The van der Waals surface area contributed by atoms with E-state index in [0.29, 0.717) is 35.5 Å². The third-order valence-electron chi connectivity index (χ3n) is 4.88. The van der Waals surface area contributed by atoms with Crippen molar-refractivity contribution in [3.8, 4) is 0 Å². The third kappa shape index (κ3) is 7.51. The first-order valence-corrected chi connectivity index (χ1v) is 11.5. The maximum Gasteiger partial charge on any atom is 0.327 e. The number of pyridine rings is 1. The number of carbonyl (C=O) groups excluding carboxylic acids is 1. The number of aryl methyl sites for hydroxylation is 1. The summed E-state index contributed by atoms with van der Waals surface area (Å²) in [6.45, 7) is 1.53. The average molecular weight is 524 g/mol. The van der Waals surface area contributed by atoms with Gasteiger partial charge in [0.2, 0.25) is 0 Å². The van der Waals surface area contributed by atoms with Crippen LogP contribution in [0.2, 0.25) is 10.0 Å². The van der Waals surface area contributed by atoms with E-state index in [0.717, 1.165) is 24.1 Å². The van der Waals surface area contributed by atoms with Gasteiger partial charge >= 0.3 is 6.03 Å². The number of halogens is 2. The van der Waals surface area contributed by atoms with Gasteiger partial charge in [0.1, 0.15) is 12.0 Å². The van der Waals surface area contributed by atoms with Crippen LogP contribution >= 0.6 is 36.0 Å². The van der Waals surface area contributed by atoms with Crippen LogP contribution in [-0.4, -0.2) is 49.8 Å². The lowest BCUT2D eigenvalue weighted by Crippen LogP contribution is -2.39. The number of nitrogens with zero attached hydrogens (tertiary/aromatic N) is 5. The molecular weight excluding hydrogens is 501 g/mol. The van der Waals surface area contributed by atoms with E-state index in [1.54, 1.807) is 24.5 Å². The zero-order valence-electron chi connectivity index (χ0n) is 18.0. The number of carbonyl (C=O) groups is 1. The van der Waals surface area contributed by atoms with Crippen molar-refractivity contribution >= 4 is 53.6 Å². The molecule has 0 fully saturated rings. The number of rotatable bonds is 11. The minimum atomic E-state index is -0.508. The fourth-order valence-electron chi connectivity index (χ4n) is 3.11. The quantitative estimate of drug-likeness (QED) is 0.147. The molecule has 180 valence electrons. The lowest BCUT2D eigenvalue weighted by Gasteiger charge is -2.26. The number of aromatic nitrogens is 3. The molecule has 34 heavy (non-hydrogen) atoms. The van der Waals surface area contributed by atoms with Crippen LogP contribution in [0.4, 0.5) is 16.3 Å². The van der Waals surface area contributed by atoms with Gasteiger partial charge in [0, 0.05) is 31.9 Å². The molecule has 0 aliphatic rings. The van der Waals surface area contributed by atoms with E-state index in [2.05, 4.69) is 33.1 Å². The molecule has 0 saturated carbocycles. The van der Waals surface area contributed by atoms with Gasteiger partial charge in [-0.2, -0.15) is 0 Å². The number of nitro groups is 1. The number of nitrogens with one attached hydrogen (secondary N) is 2. The van der Waals surface area contributed by atoms with E-state index >= 15 is 0 Å². The van der Waals surface area contributed by atoms with Crippen molar-refractivity contribution in [1.82, 2.24) is 24.6 Å². The molecule has 13 heteroatoms. The molecule has 10 nitrogen and oxygen atoms in total. The Hall–Kier alpha value is -3.02. The molecule has 0 radical (unpaired) electrons. The number of H-pyrrole nitrogens is 1. The summed E-state index contributed by atoms with van der Waals surface area (Å²) < 4.78 is 1.28. The smallest absolute Gasteiger partial charge is 0.327 e. The molecule has 0 aliphatic carbocycles. The van der Waals surface area contributed by atoms with Gasteiger partial charge < -0.3 is 15.2 Å². The molecule has 2 amide bonds. The Bertz CT molecular complexity index is 1100. The fraction of sp³-hybridized carbons (Fsp3) is 0.286. The number of thiol groups is 1. The first-order chi connectivity index (χ1) is 16.3. The molecular formula is C21H23Cl2N7O3S. The standard InChI is InChI=1S/C21H23Cl2N7O3S/c22-18-5-3-15(10-19(18)23)13-28(20-6-4-17(12-26-20)30(32)33)8-9-29(34)21(31)25-7-1-2-16-11-24-14-27-16/h3-6,10-12,14,34H,1-2,7-9,13H2,(H,24,27)(H,25,31). The van der Waals surface area contributed by atoms with Crippen molar-refractivity contribution in [2.75, 3.05) is 24.5 Å². The SMILES string of the molecule is O=C(NCCCc1c[nH]cn1)N(S)CCN(Cc1ccc(Cl)c(Cl)c1)c1ccc([N+](=O)[O-])cn1. The Kier molecular flexibility index (Phi) is 9.37. The highest BCUT2D eigenvalue weighted by Crippen LogP contribution is 2.25. The van der Waals surface area contributed by atoms with Gasteiger partial charge in [0.05, 0.1) is 33.5 Å². The van der Waals surface area contributed by atoms with Crippen molar-refractivity contribution < 1.29 is 9.72 Å². The van der Waals surface area contributed by atoms with Gasteiger partial charge in [0.15, 0.2) is 0 Å². The van der Waals surface area contributed by atoms with E-state index in [1.807, 2.05) is 17.2 Å². The Morgan fingerprint density at radius 2 is 2.00 bits per heavy atom. The molecule has 0 bridgehead atoms. The van der Waals surface area contributed by atoms with E-state index in [-0.39, 0.29) is 18.3 Å². The van der Waals surface area contributed by atoms with Crippen molar-refractivity contribution in [2.45, 2.75) is 19.4 Å². The van der Waals surface area contributed by atoms with Crippen molar-refractivity contribution in [1.29, 1.82) is 0 Å². The van der Waals surface area contributed by atoms with Gasteiger partial charge in [-0.05, 0) is 36.6 Å². The molecule has 2 N–H and O–H groups in total. The van der Waals surface area contributed by atoms with Crippen LogP contribution in [0.5, 0.6) is 0 Å². The Morgan fingerprint density at radius 1 is 1.18 bits per heavy atom. The average Bonchev–Trinajstić information content (AvgIpc) is 3.35. The second-order valence-electron chi connectivity index (χ2n) is 7.32. The van der Waals surface area contributed by atoms with E-state index in [1.165, 1.54) is 16.6 Å². The number of aromatic amines is 1. The molecule has 0 saturated heterocycles. The summed E-state index contributed by atoms with van der Waals surface area (Å²) in [7, 11) is 0. The normalized spacial score (nSPS) is 10.7. The molecule has 3 rings (SSSR count). The summed E-state index contributed by atoms with van der Waals surface area (Å²) in [5, 5.41) is 14.6. The topological polar surface area (TPSA) is 120 Å². The molecule has 2 aromatic heterocycles. The summed E-state index contributed by atoms with van der Waals surface area (Å²) in [5.74, 6) is 0.512. The number of imidazole rings is 1. The first-order valence-electron chi connectivity index (χ1n) is 10.3. The van der Waals surface area contributed by atoms with Gasteiger partial charge in [0.25, 0.3) is 5.69 Å². The van der Waals surface area contributed by atoms with E-state index < -0.39 is 4.92 Å². The zero-order chi connectivity index (χ0) is 24.5. The van der Waals surface area contributed by atoms with Crippen LogP contribution in [0.3, 0.4) is 0 Å². The van der Waals surface area contributed by atoms with Crippen molar-refractivity contribution in [3.63, 3.8) is 0 Å². The van der Waals surface area contributed by atoms with Crippen LogP contribution in [-0.2, 0) is 13.0 Å². The summed E-state index contributed by atoms with van der Waals surface area (Å²) in [4.78, 5) is 36.0. The van der Waals surface area contributed by atoms with E-state index in [9.17, 15) is 14.9 Å². The van der Waals surface area contributed by atoms with Crippen LogP contribution in [0.1, 0.15) is 17.7 Å². The summed E-state index contributed by atoms with van der Waals surface area (Å²) in [6.07, 6.45) is 6.13. The Balaban J connectivity index is 1.59. The van der Waals surface area contributed by atoms with Gasteiger partial charge in [-0.25, -0.2) is 14.8 Å². The predicted molar refractivity (Wildman–Crippen MR) is 134 cm³/mol. The maximum absolute atomic E-state index is 12.4. The molecule has 1 aromatic carbocycles. The fourth-order valence-corrected chi connectivity index (χ4v) is 3.59. The Morgan fingerprint density at radius 3 is 2.65 bits per heavy atom. The lowest BCUT2D eigenvalue weighted by atomic mass is 10.2. The second-order valence-corrected chi connectivity index (χ2v) is 8.62. The molecule has 3 aromatic rings. The second kappa shape index (κ2) is 12.4. The van der Waals surface area contributed by atoms with Crippen LogP contribution < -0.4 is 10.2 Å². The highest BCUT2D eigenvalue weighted by Gasteiger charge is 2.16. The zero-order valence-corrected chi connectivity index (χ0v) is 20.4. The number of benzene rings is 1. The van der Waals surface area contributed by atoms with E-state index in [4.69, 9.17) is 23.2 Å². The highest BCUT2D eigenvalue weighted by atomic mass is 35.5. The van der Waals surface area contributed by atoms with Crippen LogP contribution in [0, 0.1) is 10.1 Å². The number of hydrogen-bond acceptors (Lipinski definition) is 7. The maximum atomic E-state index is 12.4. The molecule has 0 unspecified atom stereocenters. The van der Waals surface area contributed by atoms with Crippen LogP contribution in [0.25, 0.3) is 0 Å². The van der Waals surface area contributed by atoms with Crippen LogP contribution in [0.15, 0.2) is 49.1 Å². The molecule has 0 spiro atoms. The minimum Gasteiger partial charge on any atom is -0.351 e. The summed E-state index contributed by atoms with van der Waals surface area (Å²) >= 11 is 16.5. The molecule has 0 aliphatic heterocycles. The third-order valence-corrected chi connectivity index (χ3v) is 6.00. The summed E-state index contributed by atoms with van der Waals surface area (Å²) in [6, 6.07) is 7.89. The lowest BCUT2D eigenvalue weighted by molar-refractivity contribution is -0.385. The predicted octanol–water partition coefficient (Wildman–Crippen LogP) is 4.52. The monoisotopic (exact) mass is 523 g/mol. The number of amides is 2. The van der Waals surface area contributed by atoms with Gasteiger partial charge in [-0.1, -0.05) is 42.1 Å². The molecule has 2 heterocycles. The molecule has 0 atom stereocenters. The van der Waals surface area contributed by atoms with Gasteiger partial charge in [-0.3, -0.25) is 14.4 Å². The number of hydrogen-bond donors (Lipinski definition) is 3. The highest BCUT2D eigenvalue weighted by molar-refractivity contribution is 7.78. The van der Waals surface area contributed by atoms with Crippen molar-refractivity contribution in [3.05, 3.63) is 80.5 Å². The number of urea groups is 1. The van der Waals surface area contributed by atoms with Crippen molar-refractivity contribution in [2.24, 2.45) is 0 Å². The largest absolute Gasteiger partial charge is 0.351 e. The summed E-state index contributed by atoms with van der Waals surface area (Å²) in [5.41, 5.74) is 1.69. The van der Waals surface area contributed by atoms with Gasteiger partial charge in [-0.15, -0.1) is 0 Å². The number of anilines is 1. The minimum absolute atomic E-state index is 0.108.